The smallest absolute Gasteiger partial charge is 0.326 e. The molecule has 0 aromatic rings. The fourth-order valence-electron chi connectivity index (χ4n) is 1.49. The molecule has 0 rings (SSSR count). The Bertz CT molecular complexity index is 312. The molecule has 0 bridgehead atoms. The van der Waals surface area contributed by atoms with Crippen molar-refractivity contribution in [3.63, 3.8) is 0 Å². The Hall–Kier alpha value is -1.77. The van der Waals surface area contributed by atoms with E-state index in [-0.39, 0.29) is 6.42 Å². The molecule has 0 aliphatic heterocycles. The van der Waals surface area contributed by atoms with E-state index in [0.717, 1.165) is 12.8 Å². The third-order valence-electron chi connectivity index (χ3n) is 2.60. The number of carboxylic acids is 1. The average Bonchev–Trinajstić information content (AvgIpc) is 2.34. The lowest BCUT2D eigenvalue weighted by atomic mass is 10.1. The van der Waals surface area contributed by atoms with Gasteiger partial charge in [0.25, 0.3) is 0 Å². The minimum Gasteiger partial charge on any atom is -0.480 e. The summed E-state index contributed by atoms with van der Waals surface area (Å²) in [7, 11) is 0. The molecule has 1 atom stereocenters. The molecule has 0 aliphatic rings. The summed E-state index contributed by atoms with van der Waals surface area (Å²) in [6.45, 7) is 4.53. The topological polar surface area (TPSA) is 93.4 Å². The van der Waals surface area contributed by atoms with Gasteiger partial charge in [0.1, 0.15) is 6.04 Å². The van der Waals surface area contributed by atoms with Crippen LogP contribution in [-0.2, 0) is 4.79 Å². The highest BCUT2D eigenvalue weighted by atomic mass is 16.4. The Balaban J connectivity index is 4.37. The van der Waals surface area contributed by atoms with Crippen molar-refractivity contribution in [2.75, 3.05) is 13.1 Å². The molecular formula is C12H21N3O3. The summed E-state index contributed by atoms with van der Waals surface area (Å²) in [5, 5.41) is 20.0. The zero-order valence-electron chi connectivity index (χ0n) is 11.0. The van der Waals surface area contributed by atoms with Gasteiger partial charge in [-0.2, -0.15) is 5.26 Å². The standard InChI is InChI=1S/C12H21N3O3/c1-3-5-7-10(11(16)17)14-12(18)15(4-2)9-6-8-13/h10H,3-7,9H2,1-2H3,(H,14,18)(H,16,17). The molecule has 6 heteroatoms. The first-order valence-corrected chi connectivity index (χ1v) is 6.21. The first kappa shape index (κ1) is 16.2. The van der Waals surface area contributed by atoms with Gasteiger partial charge in [-0.1, -0.05) is 19.8 Å². The van der Waals surface area contributed by atoms with Crippen molar-refractivity contribution in [2.24, 2.45) is 0 Å². The molecule has 0 radical (unpaired) electrons. The Kier molecular flexibility index (Phi) is 8.37. The predicted octanol–water partition coefficient (Wildman–Crippen LogP) is 1.57. The summed E-state index contributed by atoms with van der Waals surface area (Å²) < 4.78 is 0. The molecule has 0 heterocycles. The van der Waals surface area contributed by atoms with E-state index in [1.54, 1.807) is 6.92 Å². The SMILES string of the molecule is CCCCC(NC(=O)N(CC)CCC#N)C(=O)O. The highest BCUT2D eigenvalue weighted by molar-refractivity contribution is 5.82. The third-order valence-corrected chi connectivity index (χ3v) is 2.60. The highest BCUT2D eigenvalue weighted by Crippen LogP contribution is 2.02. The quantitative estimate of drug-likeness (QED) is 0.688. The number of nitrogens with zero attached hydrogens (tertiary/aromatic N) is 2. The predicted molar refractivity (Wildman–Crippen MR) is 67.0 cm³/mol. The first-order valence-electron chi connectivity index (χ1n) is 6.21. The molecule has 6 nitrogen and oxygen atoms in total. The number of amides is 2. The molecule has 2 N–H and O–H groups in total. The van der Waals surface area contributed by atoms with Gasteiger partial charge in [0.2, 0.25) is 0 Å². The van der Waals surface area contributed by atoms with Crippen molar-refractivity contribution in [3.05, 3.63) is 0 Å². The number of hydrogen-bond donors (Lipinski definition) is 2. The third kappa shape index (κ3) is 6.09. The number of rotatable bonds is 8. The fraction of sp³-hybridized carbons (Fsp3) is 0.750. The van der Waals surface area contributed by atoms with E-state index in [1.165, 1.54) is 4.90 Å². The molecule has 0 saturated carbocycles. The van der Waals surface area contributed by atoms with Gasteiger partial charge in [0, 0.05) is 13.1 Å². The van der Waals surface area contributed by atoms with Crippen LogP contribution in [-0.4, -0.2) is 41.1 Å². The van der Waals surface area contributed by atoms with Gasteiger partial charge in [0.05, 0.1) is 12.5 Å². The number of aliphatic carboxylic acids is 1. The Labute approximate surface area is 108 Å². The number of carbonyl (C=O) groups is 2. The number of carbonyl (C=O) groups excluding carboxylic acids is 1. The molecule has 0 aliphatic carbocycles. The van der Waals surface area contributed by atoms with Crippen molar-refractivity contribution in [1.82, 2.24) is 10.2 Å². The molecule has 0 spiro atoms. The molecule has 0 saturated heterocycles. The van der Waals surface area contributed by atoms with Crippen LogP contribution in [0.3, 0.4) is 0 Å². The van der Waals surface area contributed by atoms with Crippen molar-refractivity contribution in [1.29, 1.82) is 5.26 Å². The minimum atomic E-state index is -1.02. The molecule has 0 fully saturated rings. The zero-order chi connectivity index (χ0) is 14.0. The monoisotopic (exact) mass is 255 g/mol. The molecule has 2 amide bonds. The minimum absolute atomic E-state index is 0.244. The Morgan fingerprint density at radius 1 is 1.44 bits per heavy atom. The number of unbranched alkanes of at least 4 members (excludes halogenated alkanes) is 1. The molecule has 18 heavy (non-hydrogen) atoms. The van der Waals surface area contributed by atoms with Gasteiger partial charge in [-0.25, -0.2) is 9.59 Å². The van der Waals surface area contributed by atoms with Gasteiger partial charge < -0.3 is 15.3 Å². The van der Waals surface area contributed by atoms with Gasteiger partial charge in [0.15, 0.2) is 0 Å². The molecule has 102 valence electrons. The van der Waals surface area contributed by atoms with Crippen molar-refractivity contribution in [3.8, 4) is 6.07 Å². The summed E-state index contributed by atoms with van der Waals surface area (Å²) in [4.78, 5) is 24.2. The van der Waals surface area contributed by atoms with E-state index in [9.17, 15) is 9.59 Å². The summed E-state index contributed by atoms with van der Waals surface area (Å²) in [5.41, 5.74) is 0. The highest BCUT2D eigenvalue weighted by Gasteiger charge is 2.21. The molecule has 0 aromatic heterocycles. The van der Waals surface area contributed by atoms with E-state index in [2.05, 4.69) is 5.32 Å². The number of hydrogen-bond acceptors (Lipinski definition) is 3. The normalized spacial score (nSPS) is 11.4. The van der Waals surface area contributed by atoms with Gasteiger partial charge >= 0.3 is 12.0 Å². The van der Waals surface area contributed by atoms with Gasteiger partial charge in [-0.15, -0.1) is 0 Å². The van der Waals surface area contributed by atoms with Crippen LogP contribution in [0.4, 0.5) is 4.79 Å². The average molecular weight is 255 g/mol. The van der Waals surface area contributed by atoms with E-state index in [0.29, 0.717) is 19.5 Å². The second-order valence-corrected chi connectivity index (χ2v) is 3.97. The number of nitrogens with one attached hydrogen (secondary N) is 1. The van der Waals surface area contributed by atoms with Crippen LogP contribution in [0.2, 0.25) is 0 Å². The van der Waals surface area contributed by atoms with Crippen molar-refractivity contribution < 1.29 is 14.7 Å². The second kappa shape index (κ2) is 9.28. The van der Waals surface area contributed by atoms with Crippen LogP contribution in [0.1, 0.15) is 39.5 Å². The van der Waals surface area contributed by atoms with E-state index < -0.39 is 18.0 Å². The summed E-state index contributed by atoms with van der Waals surface area (Å²) in [6, 6.07) is 0.686. The number of carboxylic acid groups (broad SMARTS) is 1. The van der Waals surface area contributed by atoms with E-state index >= 15 is 0 Å². The summed E-state index contributed by atoms with van der Waals surface area (Å²) in [5.74, 6) is -1.02. The maximum atomic E-state index is 11.8. The largest absolute Gasteiger partial charge is 0.480 e. The maximum Gasteiger partial charge on any atom is 0.326 e. The van der Waals surface area contributed by atoms with Crippen LogP contribution in [0.5, 0.6) is 0 Å². The van der Waals surface area contributed by atoms with Crippen molar-refractivity contribution in [2.45, 2.75) is 45.6 Å². The van der Waals surface area contributed by atoms with Crippen LogP contribution >= 0.6 is 0 Å². The number of nitriles is 1. The maximum absolute atomic E-state index is 11.8. The van der Waals surface area contributed by atoms with E-state index in [1.807, 2.05) is 13.0 Å². The first-order chi connectivity index (χ1) is 8.56. The Morgan fingerprint density at radius 2 is 2.11 bits per heavy atom. The Morgan fingerprint density at radius 3 is 2.56 bits per heavy atom. The lowest BCUT2D eigenvalue weighted by Gasteiger charge is -2.23. The summed E-state index contributed by atoms with van der Waals surface area (Å²) in [6.07, 6.45) is 2.30. The lowest BCUT2D eigenvalue weighted by Crippen LogP contribution is -2.48. The van der Waals surface area contributed by atoms with Crippen LogP contribution in [0.15, 0.2) is 0 Å². The van der Waals surface area contributed by atoms with Crippen LogP contribution in [0, 0.1) is 11.3 Å². The van der Waals surface area contributed by atoms with Gasteiger partial charge in [-0.05, 0) is 13.3 Å². The lowest BCUT2D eigenvalue weighted by molar-refractivity contribution is -0.139. The molecular weight excluding hydrogens is 234 g/mol. The van der Waals surface area contributed by atoms with Crippen LogP contribution in [0.25, 0.3) is 0 Å². The molecule has 0 aromatic carbocycles. The van der Waals surface area contributed by atoms with Crippen molar-refractivity contribution >= 4 is 12.0 Å². The van der Waals surface area contributed by atoms with E-state index in [4.69, 9.17) is 10.4 Å². The van der Waals surface area contributed by atoms with Crippen LogP contribution < -0.4 is 5.32 Å². The fourth-order valence-corrected chi connectivity index (χ4v) is 1.49. The second-order valence-electron chi connectivity index (χ2n) is 3.97. The number of urea groups is 1. The summed E-state index contributed by atoms with van der Waals surface area (Å²) >= 11 is 0. The molecule has 1 unspecified atom stereocenters. The zero-order valence-corrected chi connectivity index (χ0v) is 11.0. The van der Waals surface area contributed by atoms with Gasteiger partial charge in [-0.3, -0.25) is 0 Å².